The van der Waals surface area contributed by atoms with Gasteiger partial charge in [0.2, 0.25) is 5.91 Å². The minimum absolute atomic E-state index is 0.172. The molecule has 1 saturated carbocycles. The Kier molecular flexibility index (Phi) is 6.65. The highest BCUT2D eigenvalue weighted by Gasteiger charge is 2.29. The van der Waals surface area contributed by atoms with E-state index in [1.54, 1.807) is 0 Å². The maximum Gasteiger partial charge on any atom is 0.230 e. The van der Waals surface area contributed by atoms with E-state index in [1.165, 1.54) is 5.56 Å². The third kappa shape index (κ3) is 4.85. The molecule has 1 amide bonds. The van der Waals surface area contributed by atoms with E-state index >= 15 is 0 Å². The molecule has 0 spiro atoms. The maximum absolute atomic E-state index is 13.5. The number of nitrogens with one attached hydrogen (secondary N) is 1. The van der Waals surface area contributed by atoms with Crippen molar-refractivity contribution in [1.82, 2.24) is 24.4 Å². The maximum atomic E-state index is 13.5. The van der Waals surface area contributed by atoms with E-state index < -0.39 is 0 Å². The van der Waals surface area contributed by atoms with Gasteiger partial charge in [-0.25, -0.2) is 9.97 Å². The molecule has 1 aromatic carbocycles. The zero-order valence-electron chi connectivity index (χ0n) is 21.3. The first-order valence-corrected chi connectivity index (χ1v) is 13.7. The fraction of sp³-hybridized carbons (Fsp3) is 0.467. The molecule has 37 heavy (non-hydrogen) atoms. The van der Waals surface area contributed by atoms with Crippen molar-refractivity contribution in [1.29, 1.82) is 5.26 Å². The van der Waals surface area contributed by atoms with Crippen LogP contribution >= 0.6 is 0 Å². The largest absolute Gasteiger partial charge is 0.346 e. The van der Waals surface area contributed by atoms with Crippen LogP contribution in [0.25, 0.3) is 22.1 Å². The molecular weight excluding hydrogens is 460 g/mol. The molecule has 190 valence electrons. The fourth-order valence-electron chi connectivity index (χ4n) is 6.48. The van der Waals surface area contributed by atoms with Crippen molar-refractivity contribution in [3.63, 3.8) is 0 Å². The van der Waals surface area contributed by atoms with Crippen molar-refractivity contribution in [3.05, 3.63) is 60.2 Å². The van der Waals surface area contributed by atoms with Gasteiger partial charge in [0, 0.05) is 37.1 Å². The van der Waals surface area contributed by atoms with Gasteiger partial charge in [0.05, 0.1) is 24.2 Å². The van der Waals surface area contributed by atoms with Gasteiger partial charge in [-0.15, -0.1) is 0 Å². The van der Waals surface area contributed by atoms with Crippen LogP contribution in [0.3, 0.4) is 0 Å². The lowest BCUT2D eigenvalue weighted by atomic mass is 9.84. The van der Waals surface area contributed by atoms with Gasteiger partial charge < -0.3 is 14.5 Å². The second kappa shape index (κ2) is 10.4. The number of carbonyl (C=O) groups excluding carboxylic acids is 1. The number of carbonyl (C=O) groups is 1. The molecule has 2 fully saturated rings. The molecule has 1 saturated heterocycles. The lowest BCUT2D eigenvalue weighted by Crippen LogP contribution is -2.40. The predicted molar refractivity (Wildman–Crippen MR) is 144 cm³/mol. The number of imidazole rings is 1. The smallest absolute Gasteiger partial charge is 0.230 e. The number of fused-ring (bicyclic) bond motifs is 3. The molecule has 0 radical (unpaired) electrons. The minimum atomic E-state index is 0.172. The first kappa shape index (κ1) is 23.7. The number of likely N-dealkylation sites (tertiary alicyclic amines) is 1. The third-order valence-corrected chi connectivity index (χ3v) is 8.51. The topological polar surface area (TPSA) is 90.6 Å². The molecule has 7 nitrogen and oxygen atoms in total. The number of piperidine rings is 1. The number of amides is 1. The first-order valence-electron chi connectivity index (χ1n) is 13.7. The van der Waals surface area contributed by atoms with E-state index in [0.29, 0.717) is 30.7 Å². The Bertz CT molecular complexity index is 1420. The van der Waals surface area contributed by atoms with Crippen molar-refractivity contribution in [2.24, 2.45) is 11.8 Å². The molecule has 6 rings (SSSR count). The van der Waals surface area contributed by atoms with Crippen LogP contribution in [0, 0.1) is 23.2 Å². The van der Waals surface area contributed by atoms with E-state index in [-0.39, 0.29) is 5.91 Å². The predicted octanol–water partition coefficient (Wildman–Crippen LogP) is 5.58. The summed E-state index contributed by atoms with van der Waals surface area (Å²) in [5.74, 6) is 2.14. The summed E-state index contributed by atoms with van der Waals surface area (Å²) in [5, 5.41) is 10.2. The Morgan fingerprint density at radius 2 is 1.81 bits per heavy atom. The summed E-state index contributed by atoms with van der Waals surface area (Å²) in [4.78, 5) is 28.3. The van der Waals surface area contributed by atoms with Gasteiger partial charge in [-0.1, -0.05) is 30.3 Å². The van der Waals surface area contributed by atoms with Crippen molar-refractivity contribution < 1.29 is 4.79 Å². The summed E-state index contributed by atoms with van der Waals surface area (Å²) in [6.45, 7) is 1.64. The van der Waals surface area contributed by atoms with E-state index in [2.05, 4.69) is 57.0 Å². The van der Waals surface area contributed by atoms with Crippen LogP contribution < -0.4 is 0 Å². The lowest BCUT2D eigenvalue weighted by molar-refractivity contribution is -0.132. The molecule has 0 unspecified atom stereocenters. The summed E-state index contributed by atoms with van der Waals surface area (Å²) in [6.07, 6.45) is 12.0. The molecule has 4 aromatic rings. The quantitative estimate of drug-likeness (QED) is 0.379. The second-order valence-corrected chi connectivity index (χ2v) is 10.9. The van der Waals surface area contributed by atoms with Crippen molar-refractivity contribution in [2.45, 2.75) is 63.8 Å². The number of pyridine rings is 1. The van der Waals surface area contributed by atoms with Crippen LogP contribution in [0.1, 0.15) is 62.4 Å². The first-order chi connectivity index (χ1) is 18.2. The monoisotopic (exact) mass is 494 g/mol. The molecule has 1 N–H and O–H groups in total. The van der Waals surface area contributed by atoms with Gasteiger partial charge in [0.25, 0.3) is 0 Å². The van der Waals surface area contributed by atoms with Gasteiger partial charge >= 0.3 is 0 Å². The van der Waals surface area contributed by atoms with E-state index in [9.17, 15) is 4.79 Å². The van der Waals surface area contributed by atoms with E-state index in [0.717, 1.165) is 85.9 Å². The van der Waals surface area contributed by atoms with Gasteiger partial charge in [-0.2, -0.15) is 5.26 Å². The number of H-pyrrole nitrogens is 1. The Morgan fingerprint density at radius 1 is 1.03 bits per heavy atom. The highest BCUT2D eigenvalue weighted by molar-refractivity contribution is 6.01. The molecule has 1 aliphatic heterocycles. The zero-order valence-corrected chi connectivity index (χ0v) is 21.3. The van der Waals surface area contributed by atoms with Crippen LogP contribution in [0.2, 0.25) is 0 Å². The van der Waals surface area contributed by atoms with Gasteiger partial charge in [-0.05, 0) is 68.4 Å². The molecule has 7 heteroatoms. The highest BCUT2D eigenvalue weighted by atomic mass is 16.2. The van der Waals surface area contributed by atoms with Crippen molar-refractivity contribution >= 4 is 28.0 Å². The van der Waals surface area contributed by atoms with Crippen LogP contribution in [0.15, 0.2) is 48.8 Å². The third-order valence-electron chi connectivity index (χ3n) is 8.51. The zero-order chi connectivity index (χ0) is 25.2. The number of aromatic amines is 1. The number of hydrogen-bond acceptors (Lipinski definition) is 4. The van der Waals surface area contributed by atoms with Gasteiger partial charge in [-0.3, -0.25) is 4.79 Å². The number of aromatic nitrogens is 4. The Balaban J connectivity index is 1.21. The SMILES string of the molecule is N#CCC1CCC(n2c(CC(=O)N3CCC(Cc4ccccc4)CC3)nc3cnc4[nH]ccc4c32)CC1. The fourth-order valence-corrected chi connectivity index (χ4v) is 6.48. The molecule has 0 atom stereocenters. The van der Waals surface area contributed by atoms with Crippen LogP contribution in [-0.4, -0.2) is 43.4 Å². The summed E-state index contributed by atoms with van der Waals surface area (Å²) in [6, 6.07) is 15.4. The molecular formula is C30H34N6O. The number of hydrogen-bond donors (Lipinski definition) is 1. The summed E-state index contributed by atoms with van der Waals surface area (Å²) < 4.78 is 2.34. The number of nitrogens with zero attached hydrogens (tertiary/aromatic N) is 5. The number of rotatable bonds is 6. The average Bonchev–Trinajstić information content (AvgIpc) is 3.55. The summed E-state index contributed by atoms with van der Waals surface area (Å²) in [7, 11) is 0. The Labute approximate surface area is 217 Å². The summed E-state index contributed by atoms with van der Waals surface area (Å²) >= 11 is 0. The average molecular weight is 495 g/mol. The highest BCUT2D eigenvalue weighted by Crippen LogP contribution is 2.38. The molecule has 3 aromatic heterocycles. The number of nitriles is 1. The van der Waals surface area contributed by atoms with Crippen molar-refractivity contribution in [2.75, 3.05) is 13.1 Å². The standard InChI is InChI=1S/C30H34N6O/c31-14-10-21-6-8-24(9-7-21)36-27(34-26-20-33-30-25(29(26)36)11-15-32-30)19-28(37)35-16-12-23(13-17-35)18-22-4-2-1-3-5-22/h1-5,11,15,20-21,23-24H,6-10,12-13,16-19H2,(H,32,33). The number of benzene rings is 1. The minimum Gasteiger partial charge on any atom is -0.346 e. The van der Waals surface area contributed by atoms with E-state index in [4.69, 9.17) is 10.2 Å². The van der Waals surface area contributed by atoms with Crippen LogP contribution in [0.5, 0.6) is 0 Å². The van der Waals surface area contributed by atoms with Gasteiger partial charge in [0.15, 0.2) is 0 Å². The second-order valence-electron chi connectivity index (χ2n) is 10.9. The van der Waals surface area contributed by atoms with Crippen LogP contribution in [0.4, 0.5) is 0 Å². The molecule has 1 aliphatic carbocycles. The lowest BCUT2D eigenvalue weighted by Gasteiger charge is -2.33. The van der Waals surface area contributed by atoms with Crippen molar-refractivity contribution in [3.8, 4) is 6.07 Å². The molecule has 4 heterocycles. The normalized spacial score (nSPS) is 20.9. The van der Waals surface area contributed by atoms with E-state index in [1.807, 2.05) is 17.3 Å². The summed E-state index contributed by atoms with van der Waals surface area (Å²) in [5.41, 5.74) is 4.18. The van der Waals surface area contributed by atoms with Crippen LogP contribution in [-0.2, 0) is 17.6 Å². The molecule has 2 aliphatic rings. The van der Waals surface area contributed by atoms with Gasteiger partial charge in [0.1, 0.15) is 17.0 Å². The Morgan fingerprint density at radius 3 is 2.57 bits per heavy atom. The molecule has 0 bridgehead atoms. The Hall–Kier alpha value is -3.66.